The van der Waals surface area contributed by atoms with Gasteiger partial charge in [-0.3, -0.25) is 0 Å². The molecule has 0 atom stereocenters. The SMILES string of the molecule is N#Cc1cccc(-c2ccc(-c3nc(-c4cc(-c5ccccc5)cc(-c5ccccc5)c4)nc(-c4ccc5c(c4)oc4cccc(-c6cccc(-c7ccccc7)c6)c45)n3)cc2)c1. The molecule has 63 heavy (non-hydrogen) atoms. The molecule has 11 aromatic rings. The molecule has 0 N–H and O–H groups in total. The summed E-state index contributed by atoms with van der Waals surface area (Å²) in [7, 11) is 0. The molecule has 0 bridgehead atoms. The lowest BCUT2D eigenvalue weighted by atomic mass is 9.95. The maximum Gasteiger partial charge on any atom is 0.164 e. The van der Waals surface area contributed by atoms with E-state index in [0.29, 0.717) is 23.0 Å². The van der Waals surface area contributed by atoms with Crippen molar-refractivity contribution in [3.05, 3.63) is 224 Å². The van der Waals surface area contributed by atoms with Crippen LogP contribution in [0.25, 0.3) is 112 Å². The fraction of sp³-hybridized carbons (Fsp3) is 0. The van der Waals surface area contributed by atoms with Crippen molar-refractivity contribution in [1.29, 1.82) is 5.26 Å². The third-order valence-corrected chi connectivity index (χ3v) is 11.5. The van der Waals surface area contributed by atoms with Gasteiger partial charge in [0.25, 0.3) is 0 Å². The lowest BCUT2D eigenvalue weighted by molar-refractivity contribution is 0.669. The minimum absolute atomic E-state index is 0.533. The van der Waals surface area contributed by atoms with Crippen molar-refractivity contribution in [2.45, 2.75) is 0 Å². The largest absolute Gasteiger partial charge is 0.456 e. The van der Waals surface area contributed by atoms with E-state index in [1.165, 1.54) is 5.56 Å². The summed E-state index contributed by atoms with van der Waals surface area (Å²) in [6.45, 7) is 0. The van der Waals surface area contributed by atoms with Gasteiger partial charge < -0.3 is 4.42 Å². The Bertz CT molecular complexity index is 3440. The quantitative estimate of drug-likeness (QED) is 0.153. The van der Waals surface area contributed by atoms with Crippen LogP contribution in [-0.4, -0.2) is 15.0 Å². The number of hydrogen-bond acceptors (Lipinski definition) is 5. The number of rotatable bonds is 8. The Morgan fingerprint density at radius 2 is 0.778 bits per heavy atom. The molecule has 5 nitrogen and oxygen atoms in total. The molecular weight excluding hydrogens is 769 g/mol. The standard InChI is InChI=1S/C58H36N4O/c59-37-38-13-10-20-44(31-38)42-25-27-43(28-26-42)56-60-57(62-58(61-56)50-34-48(40-16-6-2-7-17-40)33-49(35-50)41-18-8-3-9-19-41)47-29-30-52-54(36-47)63-53-24-12-23-51(55(52)53)46-22-11-21-45(32-46)39-14-4-1-5-15-39/h1-36H. The summed E-state index contributed by atoms with van der Waals surface area (Å²) in [6.07, 6.45) is 0. The second-order valence-corrected chi connectivity index (χ2v) is 15.5. The van der Waals surface area contributed by atoms with Crippen LogP contribution in [0.3, 0.4) is 0 Å². The van der Waals surface area contributed by atoms with E-state index < -0.39 is 0 Å². The van der Waals surface area contributed by atoms with Gasteiger partial charge in [-0.25, -0.2) is 15.0 Å². The second-order valence-electron chi connectivity index (χ2n) is 15.5. The molecule has 0 saturated heterocycles. The molecule has 0 aliphatic heterocycles. The summed E-state index contributed by atoms with van der Waals surface area (Å²) in [6, 6.07) is 77.0. The first kappa shape index (κ1) is 37.3. The van der Waals surface area contributed by atoms with Crippen molar-refractivity contribution < 1.29 is 4.42 Å². The molecule has 9 aromatic carbocycles. The van der Waals surface area contributed by atoms with Crippen LogP contribution in [0.15, 0.2) is 223 Å². The van der Waals surface area contributed by atoms with Crippen LogP contribution in [0.2, 0.25) is 0 Å². The zero-order valence-corrected chi connectivity index (χ0v) is 34.0. The molecule has 11 rings (SSSR count). The molecule has 0 aliphatic rings. The van der Waals surface area contributed by atoms with Crippen molar-refractivity contribution in [2.24, 2.45) is 0 Å². The molecule has 0 spiro atoms. The summed E-state index contributed by atoms with van der Waals surface area (Å²) in [5, 5.41) is 11.6. The average molecular weight is 805 g/mol. The summed E-state index contributed by atoms with van der Waals surface area (Å²) < 4.78 is 6.63. The van der Waals surface area contributed by atoms with E-state index in [2.05, 4.69) is 146 Å². The number of aromatic nitrogens is 3. The molecule has 0 amide bonds. The zero-order chi connectivity index (χ0) is 42.1. The van der Waals surface area contributed by atoms with Crippen molar-refractivity contribution in [3.63, 3.8) is 0 Å². The van der Waals surface area contributed by atoms with Gasteiger partial charge in [-0.2, -0.15) is 5.26 Å². The van der Waals surface area contributed by atoms with Crippen LogP contribution in [0.5, 0.6) is 0 Å². The highest BCUT2D eigenvalue weighted by molar-refractivity contribution is 6.13. The van der Waals surface area contributed by atoms with Crippen molar-refractivity contribution in [2.75, 3.05) is 0 Å². The number of nitrogens with zero attached hydrogens (tertiary/aromatic N) is 4. The van der Waals surface area contributed by atoms with Crippen LogP contribution in [0.4, 0.5) is 0 Å². The van der Waals surface area contributed by atoms with Gasteiger partial charge in [0.1, 0.15) is 11.2 Å². The molecule has 294 valence electrons. The van der Waals surface area contributed by atoms with Gasteiger partial charge in [0.15, 0.2) is 17.5 Å². The van der Waals surface area contributed by atoms with Gasteiger partial charge in [-0.1, -0.05) is 164 Å². The molecule has 5 heteroatoms. The highest BCUT2D eigenvalue weighted by atomic mass is 16.3. The summed E-state index contributed by atoms with van der Waals surface area (Å²) in [5.41, 5.74) is 15.6. The van der Waals surface area contributed by atoms with Crippen LogP contribution in [0.1, 0.15) is 5.56 Å². The predicted octanol–water partition coefficient (Wildman–Crippen LogP) is 15.0. The lowest BCUT2D eigenvalue weighted by Crippen LogP contribution is -2.00. The first-order valence-corrected chi connectivity index (χ1v) is 20.9. The monoisotopic (exact) mass is 804 g/mol. The summed E-state index contributed by atoms with van der Waals surface area (Å²) in [5.74, 6) is 1.63. The number of nitriles is 1. The molecule has 2 aromatic heterocycles. The average Bonchev–Trinajstić information content (AvgIpc) is 3.75. The molecule has 0 radical (unpaired) electrons. The van der Waals surface area contributed by atoms with Crippen molar-refractivity contribution >= 4 is 21.9 Å². The predicted molar refractivity (Wildman–Crippen MR) is 255 cm³/mol. The van der Waals surface area contributed by atoms with E-state index in [0.717, 1.165) is 88.7 Å². The van der Waals surface area contributed by atoms with Gasteiger partial charge in [0.05, 0.1) is 11.6 Å². The number of fused-ring (bicyclic) bond motifs is 3. The molecule has 0 unspecified atom stereocenters. The summed E-state index contributed by atoms with van der Waals surface area (Å²) in [4.78, 5) is 15.6. The smallest absolute Gasteiger partial charge is 0.164 e. The highest BCUT2D eigenvalue weighted by Crippen LogP contribution is 2.40. The minimum atomic E-state index is 0.533. The van der Waals surface area contributed by atoms with Gasteiger partial charge >= 0.3 is 0 Å². The Morgan fingerprint density at radius 1 is 0.317 bits per heavy atom. The highest BCUT2D eigenvalue weighted by Gasteiger charge is 2.18. The van der Waals surface area contributed by atoms with Gasteiger partial charge in [0.2, 0.25) is 0 Å². The van der Waals surface area contributed by atoms with E-state index in [1.807, 2.05) is 78.9 Å². The minimum Gasteiger partial charge on any atom is -0.456 e. The Hall–Kier alpha value is -8.72. The van der Waals surface area contributed by atoms with Crippen LogP contribution < -0.4 is 0 Å². The van der Waals surface area contributed by atoms with E-state index in [4.69, 9.17) is 19.4 Å². The Labute approximate surface area is 364 Å². The molecule has 2 heterocycles. The molecule has 0 aliphatic carbocycles. The van der Waals surface area contributed by atoms with Crippen LogP contribution in [0, 0.1) is 11.3 Å². The Kier molecular flexibility index (Phi) is 9.50. The topological polar surface area (TPSA) is 75.6 Å². The number of benzene rings is 9. The zero-order valence-electron chi connectivity index (χ0n) is 34.0. The van der Waals surface area contributed by atoms with E-state index in [1.54, 1.807) is 0 Å². The third-order valence-electron chi connectivity index (χ3n) is 11.5. The fourth-order valence-corrected chi connectivity index (χ4v) is 8.40. The molecule has 0 fully saturated rings. The maximum atomic E-state index is 9.53. The van der Waals surface area contributed by atoms with E-state index in [9.17, 15) is 5.26 Å². The summed E-state index contributed by atoms with van der Waals surface area (Å²) >= 11 is 0. The number of furan rings is 1. The van der Waals surface area contributed by atoms with Crippen molar-refractivity contribution in [3.8, 4) is 95.9 Å². The van der Waals surface area contributed by atoms with Crippen molar-refractivity contribution in [1.82, 2.24) is 15.0 Å². The maximum absolute atomic E-state index is 9.53. The molecular formula is C58H36N4O. The van der Waals surface area contributed by atoms with Gasteiger partial charge in [-0.15, -0.1) is 0 Å². The van der Waals surface area contributed by atoms with E-state index in [-0.39, 0.29) is 0 Å². The first-order chi connectivity index (χ1) is 31.1. The van der Waals surface area contributed by atoms with Gasteiger partial charge in [-0.05, 0) is 110 Å². The normalized spacial score (nSPS) is 11.2. The Morgan fingerprint density at radius 3 is 1.43 bits per heavy atom. The third kappa shape index (κ3) is 7.33. The van der Waals surface area contributed by atoms with Gasteiger partial charge in [0, 0.05) is 27.5 Å². The second kappa shape index (κ2) is 16.0. The lowest BCUT2D eigenvalue weighted by Gasteiger charge is -2.13. The fourth-order valence-electron chi connectivity index (χ4n) is 8.40. The van der Waals surface area contributed by atoms with E-state index >= 15 is 0 Å². The molecule has 0 saturated carbocycles. The Balaban J connectivity index is 1.06. The van der Waals surface area contributed by atoms with Crippen LogP contribution in [-0.2, 0) is 0 Å². The first-order valence-electron chi connectivity index (χ1n) is 20.9. The van der Waals surface area contributed by atoms with Crippen LogP contribution >= 0.6 is 0 Å². The number of hydrogen-bond donors (Lipinski definition) is 0.